The van der Waals surface area contributed by atoms with Gasteiger partial charge in [0.1, 0.15) is 0 Å². The molecule has 0 bridgehead atoms. The van der Waals surface area contributed by atoms with Crippen LogP contribution in [0.15, 0.2) is 30.3 Å². The molecule has 0 radical (unpaired) electrons. The third-order valence-corrected chi connectivity index (χ3v) is 3.91. The lowest BCUT2D eigenvalue weighted by Crippen LogP contribution is -2.43. The molecule has 3 nitrogen and oxygen atoms in total. The van der Waals surface area contributed by atoms with Crippen LogP contribution < -0.4 is 4.90 Å². The zero-order valence-electron chi connectivity index (χ0n) is 11.1. The van der Waals surface area contributed by atoms with Gasteiger partial charge in [0.25, 0.3) is 0 Å². The van der Waals surface area contributed by atoms with Gasteiger partial charge in [-0.25, -0.2) is 4.79 Å². The van der Waals surface area contributed by atoms with Crippen molar-refractivity contribution in [3.63, 3.8) is 0 Å². The lowest BCUT2D eigenvalue weighted by atomic mass is 9.75. The molecule has 1 aliphatic carbocycles. The molecule has 3 heteroatoms. The number of carbonyl (C=O) groups is 1. The molecular weight excluding hydrogens is 226 g/mol. The summed E-state index contributed by atoms with van der Waals surface area (Å²) in [4.78, 5) is 13.0. The van der Waals surface area contributed by atoms with E-state index < -0.39 is 6.09 Å². The van der Waals surface area contributed by atoms with Gasteiger partial charge in [0.2, 0.25) is 0 Å². The molecule has 1 saturated carbocycles. The van der Waals surface area contributed by atoms with Crippen LogP contribution in [0, 0.1) is 5.41 Å². The maximum atomic E-state index is 11.5. The number of nitrogens with zero attached hydrogens (tertiary/aromatic N) is 1. The average Bonchev–Trinajstić information content (AvgIpc) is 2.33. The Morgan fingerprint density at radius 1 is 1.22 bits per heavy atom. The molecular formula is C15H21NO2. The first kappa shape index (κ1) is 12.9. The second-order valence-corrected chi connectivity index (χ2v) is 5.88. The lowest BCUT2D eigenvalue weighted by molar-refractivity contribution is 0.183. The summed E-state index contributed by atoms with van der Waals surface area (Å²) in [5.74, 6) is 0. The largest absolute Gasteiger partial charge is 0.465 e. The number of rotatable bonds is 2. The van der Waals surface area contributed by atoms with Crippen molar-refractivity contribution in [2.24, 2.45) is 5.41 Å². The third kappa shape index (κ3) is 2.84. The van der Waals surface area contributed by atoms with Crippen molar-refractivity contribution in [2.45, 2.75) is 45.6 Å². The van der Waals surface area contributed by atoms with E-state index in [-0.39, 0.29) is 6.04 Å². The number of anilines is 1. The van der Waals surface area contributed by atoms with E-state index >= 15 is 0 Å². The van der Waals surface area contributed by atoms with E-state index in [0.717, 1.165) is 31.4 Å². The highest BCUT2D eigenvalue weighted by atomic mass is 16.4. The van der Waals surface area contributed by atoms with Crippen molar-refractivity contribution in [3.05, 3.63) is 30.3 Å². The van der Waals surface area contributed by atoms with Crippen molar-refractivity contribution in [2.75, 3.05) is 4.90 Å². The number of para-hydroxylation sites is 1. The van der Waals surface area contributed by atoms with Crippen LogP contribution >= 0.6 is 0 Å². The Morgan fingerprint density at radius 2 is 1.78 bits per heavy atom. The van der Waals surface area contributed by atoms with Gasteiger partial charge in [-0.2, -0.15) is 0 Å². The van der Waals surface area contributed by atoms with Gasteiger partial charge in [-0.1, -0.05) is 32.0 Å². The first-order valence-corrected chi connectivity index (χ1v) is 6.57. The number of benzene rings is 1. The molecule has 0 atom stereocenters. The molecule has 0 saturated heterocycles. The van der Waals surface area contributed by atoms with Crippen LogP contribution in [-0.4, -0.2) is 17.2 Å². The summed E-state index contributed by atoms with van der Waals surface area (Å²) in [5, 5.41) is 9.43. The highest BCUT2D eigenvalue weighted by Gasteiger charge is 2.32. The minimum atomic E-state index is -0.842. The van der Waals surface area contributed by atoms with Gasteiger partial charge in [0.05, 0.1) is 0 Å². The Kier molecular flexibility index (Phi) is 3.60. The molecule has 1 fully saturated rings. The van der Waals surface area contributed by atoms with E-state index in [1.807, 2.05) is 30.3 Å². The molecule has 2 rings (SSSR count). The summed E-state index contributed by atoms with van der Waals surface area (Å²) in [6, 6.07) is 9.55. The van der Waals surface area contributed by atoms with E-state index in [2.05, 4.69) is 13.8 Å². The standard InChI is InChI=1S/C15H21NO2/c1-15(2)10-8-13(9-11-15)16(14(17)18)12-6-4-3-5-7-12/h3-7,13H,8-11H2,1-2H3,(H,17,18). The Morgan fingerprint density at radius 3 is 2.28 bits per heavy atom. The van der Waals surface area contributed by atoms with Crippen LogP contribution in [0.1, 0.15) is 39.5 Å². The highest BCUT2D eigenvalue weighted by molar-refractivity contribution is 5.86. The number of hydrogen-bond donors (Lipinski definition) is 1. The summed E-state index contributed by atoms with van der Waals surface area (Å²) in [7, 11) is 0. The van der Waals surface area contributed by atoms with E-state index in [0.29, 0.717) is 5.41 Å². The fourth-order valence-corrected chi connectivity index (χ4v) is 2.71. The molecule has 0 aliphatic heterocycles. The maximum absolute atomic E-state index is 11.5. The zero-order valence-corrected chi connectivity index (χ0v) is 11.1. The van der Waals surface area contributed by atoms with Gasteiger partial charge in [-0.3, -0.25) is 4.90 Å². The van der Waals surface area contributed by atoms with Crippen LogP contribution in [0.2, 0.25) is 0 Å². The minimum absolute atomic E-state index is 0.123. The second kappa shape index (κ2) is 5.01. The Balaban J connectivity index is 2.15. The Bertz CT molecular complexity index is 404. The molecule has 1 aliphatic rings. The van der Waals surface area contributed by atoms with Gasteiger partial charge < -0.3 is 5.11 Å². The summed E-state index contributed by atoms with van der Waals surface area (Å²) in [6.45, 7) is 4.52. The van der Waals surface area contributed by atoms with E-state index in [9.17, 15) is 9.90 Å². The molecule has 18 heavy (non-hydrogen) atoms. The predicted octanol–water partition coefficient (Wildman–Crippen LogP) is 4.14. The molecule has 1 aromatic rings. The fourth-order valence-electron chi connectivity index (χ4n) is 2.71. The van der Waals surface area contributed by atoms with E-state index in [1.54, 1.807) is 0 Å². The van der Waals surface area contributed by atoms with Crippen molar-refractivity contribution in [1.82, 2.24) is 0 Å². The van der Waals surface area contributed by atoms with Crippen molar-refractivity contribution >= 4 is 11.8 Å². The maximum Gasteiger partial charge on any atom is 0.412 e. The molecule has 1 N–H and O–H groups in total. The zero-order chi connectivity index (χ0) is 13.2. The fraction of sp³-hybridized carbons (Fsp3) is 0.533. The van der Waals surface area contributed by atoms with Crippen molar-refractivity contribution < 1.29 is 9.90 Å². The lowest BCUT2D eigenvalue weighted by Gasteiger charge is -2.38. The van der Waals surface area contributed by atoms with Gasteiger partial charge in [-0.15, -0.1) is 0 Å². The van der Waals surface area contributed by atoms with Gasteiger partial charge in [-0.05, 0) is 43.2 Å². The van der Waals surface area contributed by atoms with Crippen LogP contribution in [0.4, 0.5) is 10.5 Å². The van der Waals surface area contributed by atoms with Crippen LogP contribution in [0.25, 0.3) is 0 Å². The van der Waals surface area contributed by atoms with Gasteiger partial charge in [0, 0.05) is 11.7 Å². The number of carboxylic acid groups (broad SMARTS) is 1. The van der Waals surface area contributed by atoms with Crippen LogP contribution in [0.5, 0.6) is 0 Å². The smallest absolute Gasteiger partial charge is 0.412 e. The third-order valence-electron chi connectivity index (χ3n) is 3.91. The monoisotopic (exact) mass is 247 g/mol. The first-order chi connectivity index (χ1) is 8.49. The molecule has 1 aromatic carbocycles. The molecule has 0 spiro atoms. The summed E-state index contributed by atoms with van der Waals surface area (Å²) < 4.78 is 0. The molecule has 98 valence electrons. The van der Waals surface area contributed by atoms with Crippen molar-refractivity contribution in [1.29, 1.82) is 0 Å². The highest BCUT2D eigenvalue weighted by Crippen LogP contribution is 2.38. The van der Waals surface area contributed by atoms with Crippen LogP contribution in [0.3, 0.4) is 0 Å². The van der Waals surface area contributed by atoms with E-state index in [1.165, 1.54) is 4.90 Å². The second-order valence-electron chi connectivity index (χ2n) is 5.88. The summed E-state index contributed by atoms with van der Waals surface area (Å²) in [5.41, 5.74) is 1.15. The normalized spacial score (nSPS) is 19.4. The topological polar surface area (TPSA) is 40.5 Å². The average molecular weight is 247 g/mol. The molecule has 0 unspecified atom stereocenters. The Labute approximate surface area is 108 Å². The molecule has 1 amide bonds. The van der Waals surface area contributed by atoms with Gasteiger partial charge >= 0.3 is 6.09 Å². The Hall–Kier alpha value is -1.51. The van der Waals surface area contributed by atoms with Crippen LogP contribution in [-0.2, 0) is 0 Å². The van der Waals surface area contributed by atoms with Gasteiger partial charge in [0.15, 0.2) is 0 Å². The minimum Gasteiger partial charge on any atom is -0.465 e. The van der Waals surface area contributed by atoms with E-state index in [4.69, 9.17) is 0 Å². The summed E-state index contributed by atoms with van der Waals surface area (Å²) >= 11 is 0. The number of amides is 1. The summed E-state index contributed by atoms with van der Waals surface area (Å²) in [6.07, 6.45) is 3.25. The quantitative estimate of drug-likeness (QED) is 0.853. The molecule has 0 aromatic heterocycles. The molecule has 0 heterocycles. The van der Waals surface area contributed by atoms with Crippen molar-refractivity contribution in [3.8, 4) is 0 Å². The predicted molar refractivity (Wildman–Crippen MR) is 73.0 cm³/mol. The number of hydrogen-bond acceptors (Lipinski definition) is 1. The first-order valence-electron chi connectivity index (χ1n) is 6.57. The SMILES string of the molecule is CC1(C)CCC(N(C(=O)O)c2ccccc2)CC1.